The summed E-state index contributed by atoms with van der Waals surface area (Å²) < 4.78 is 0. The first-order chi connectivity index (χ1) is 14.1. The zero-order valence-corrected chi connectivity index (χ0v) is 17.6. The van der Waals surface area contributed by atoms with Crippen LogP contribution in [0.3, 0.4) is 0 Å². The molecule has 1 unspecified atom stereocenters. The lowest BCUT2D eigenvalue weighted by Gasteiger charge is -2.12. The minimum atomic E-state index is 0.445. The summed E-state index contributed by atoms with van der Waals surface area (Å²) in [6, 6.07) is 29.3. The summed E-state index contributed by atoms with van der Waals surface area (Å²) in [5.41, 5.74) is 7.67. The summed E-state index contributed by atoms with van der Waals surface area (Å²) in [6.45, 7) is 10.8. The Labute approximate surface area is 175 Å². The number of rotatable bonds is 7. The molecule has 1 atom stereocenters. The molecule has 0 spiro atoms. The number of nitrogens with zero attached hydrogens (tertiary/aromatic N) is 1. The first-order valence-corrected chi connectivity index (χ1v) is 10.3. The Morgan fingerprint density at radius 2 is 1.45 bits per heavy atom. The van der Waals surface area contributed by atoms with Crippen molar-refractivity contribution >= 4 is 17.0 Å². The highest BCUT2D eigenvalue weighted by atomic mass is 14.8. The largest absolute Gasteiger partial charge is 0.257 e. The maximum atomic E-state index is 5.03. The van der Waals surface area contributed by atoms with Crippen LogP contribution in [0.2, 0.25) is 0 Å². The van der Waals surface area contributed by atoms with Gasteiger partial charge in [0.2, 0.25) is 0 Å². The van der Waals surface area contributed by atoms with Crippen molar-refractivity contribution in [1.82, 2.24) is 0 Å². The Morgan fingerprint density at radius 1 is 0.862 bits per heavy atom. The van der Waals surface area contributed by atoms with E-state index in [4.69, 9.17) is 4.99 Å². The van der Waals surface area contributed by atoms with Gasteiger partial charge in [0.25, 0.3) is 0 Å². The lowest BCUT2D eigenvalue weighted by atomic mass is 9.99. The Morgan fingerprint density at radius 3 is 2.10 bits per heavy atom. The highest BCUT2D eigenvalue weighted by Gasteiger charge is 2.09. The Bertz CT molecular complexity index is 1010. The van der Waals surface area contributed by atoms with E-state index in [1.807, 2.05) is 24.3 Å². The standard InChI is InChI=1S/C28H29N/c1-5-21(2)23(4)29-28(19-22(3)24-13-8-6-9-14-24)27-18-12-17-26(20-27)25-15-10-7-11-16-25/h6-21H,3,5H2,1-2,4H3/b28-19-,29-23?. The second-order valence-electron chi connectivity index (χ2n) is 7.43. The molecule has 0 saturated carbocycles. The van der Waals surface area contributed by atoms with Crippen LogP contribution in [0, 0.1) is 5.92 Å². The summed E-state index contributed by atoms with van der Waals surface area (Å²) in [6.07, 6.45) is 3.18. The Hall–Kier alpha value is -3.19. The molecule has 0 aliphatic heterocycles. The number of aliphatic imine (C=N–C) groups is 1. The number of hydrogen-bond donors (Lipinski definition) is 0. The Kier molecular flexibility index (Phi) is 6.97. The minimum absolute atomic E-state index is 0.445. The van der Waals surface area contributed by atoms with Gasteiger partial charge >= 0.3 is 0 Å². The monoisotopic (exact) mass is 379 g/mol. The molecular formula is C28H29N. The van der Waals surface area contributed by atoms with Gasteiger partial charge in [-0.15, -0.1) is 0 Å². The molecule has 0 aliphatic carbocycles. The van der Waals surface area contributed by atoms with Crippen LogP contribution in [0.1, 0.15) is 38.3 Å². The molecular weight excluding hydrogens is 350 g/mol. The number of allylic oxidation sites excluding steroid dienone is 2. The van der Waals surface area contributed by atoms with E-state index < -0.39 is 0 Å². The van der Waals surface area contributed by atoms with Gasteiger partial charge in [0.1, 0.15) is 0 Å². The minimum Gasteiger partial charge on any atom is -0.257 e. The van der Waals surface area contributed by atoms with Gasteiger partial charge in [0.05, 0.1) is 5.70 Å². The molecule has 0 fully saturated rings. The van der Waals surface area contributed by atoms with E-state index in [1.165, 1.54) is 11.1 Å². The first-order valence-electron chi connectivity index (χ1n) is 10.3. The van der Waals surface area contributed by atoms with Crippen molar-refractivity contribution in [3.63, 3.8) is 0 Å². The zero-order valence-electron chi connectivity index (χ0n) is 17.6. The van der Waals surface area contributed by atoms with Crippen molar-refractivity contribution in [1.29, 1.82) is 0 Å². The summed E-state index contributed by atoms with van der Waals surface area (Å²) in [5, 5.41) is 0. The molecule has 0 bridgehead atoms. The topological polar surface area (TPSA) is 12.4 Å². The smallest absolute Gasteiger partial charge is 0.0707 e. The molecule has 0 heterocycles. The molecule has 1 nitrogen and oxygen atoms in total. The molecule has 0 radical (unpaired) electrons. The van der Waals surface area contributed by atoms with Crippen molar-refractivity contribution < 1.29 is 0 Å². The van der Waals surface area contributed by atoms with Gasteiger partial charge < -0.3 is 0 Å². The molecule has 0 aromatic heterocycles. The van der Waals surface area contributed by atoms with E-state index in [2.05, 4.69) is 94.1 Å². The van der Waals surface area contributed by atoms with E-state index in [9.17, 15) is 0 Å². The van der Waals surface area contributed by atoms with Crippen LogP contribution in [-0.2, 0) is 0 Å². The molecule has 0 N–H and O–H groups in total. The van der Waals surface area contributed by atoms with Crippen LogP contribution < -0.4 is 0 Å². The van der Waals surface area contributed by atoms with Gasteiger partial charge in [-0.1, -0.05) is 99.3 Å². The van der Waals surface area contributed by atoms with Crippen molar-refractivity contribution in [3.05, 3.63) is 109 Å². The van der Waals surface area contributed by atoms with E-state index >= 15 is 0 Å². The fourth-order valence-electron chi connectivity index (χ4n) is 3.17. The van der Waals surface area contributed by atoms with Gasteiger partial charge in [0.15, 0.2) is 0 Å². The quantitative estimate of drug-likeness (QED) is 0.292. The third-order valence-electron chi connectivity index (χ3n) is 5.34. The van der Waals surface area contributed by atoms with Gasteiger partial charge in [0, 0.05) is 11.3 Å². The maximum absolute atomic E-state index is 5.03. The maximum Gasteiger partial charge on any atom is 0.0707 e. The van der Waals surface area contributed by atoms with E-state index in [0.717, 1.165) is 34.5 Å². The van der Waals surface area contributed by atoms with Gasteiger partial charge in [-0.05, 0) is 53.7 Å². The van der Waals surface area contributed by atoms with Crippen LogP contribution in [0.5, 0.6) is 0 Å². The van der Waals surface area contributed by atoms with Crippen molar-refractivity contribution in [2.24, 2.45) is 10.9 Å². The molecule has 146 valence electrons. The third-order valence-corrected chi connectivity index (χ3v) is 5.34. The van der Waals surface area contributed by atoms with E-state index in [-0.39, 0.29) is 0 Å². The molecule has 3 aromatic rings. The normalized spacial score (nSPS) is 13.2. The fraction of sp³-hybridized carbons (Fsp3) is 0.179. The average molecular weight is 380 g/mol. The molecule has 0 aliphatic rings. The molecule has 1 heteroatoms. The molecule has 3 rings (SSSR count). The lowest BCUT2D eigenvalue weighted by Crippen LogP contribution is -2.05. The summed E-state index contributed by atoms with van der Waals surface area (Å²) in [7, 11) is 0. The van der Waals surface area contributed by atoms with Crippen LogP contribution in [0.4, 0.5) is 0 Å². The lowest BCUT2D eigenvalue weighted by molar-refractivity contribution is 0.736. The predicted octanol–water partition coefficient (Wildman–Crippen LogP) is 7.91. The van der Waals surface area contributed by atoms with E-state index in [0.29, 0.717) is 5.92 Å². The second-order valence-corrected chi connectivity index (χ2v) is 7.43. The van der Waals surface area contributed by atoms with Crippen molar-refractivity contribution in [2.45, 2.75) is 27.2 Å². The zero-order chi connectivity index (χ0) is 20.6. The van der Waals surface area contributed by atoms with E-state index in [1.54, 1.807) is 0 Å². The summed E-state index contributed by atoms with van der Waals surface area (Å²) in [4.78, 5) is 5.03. The third kappa shape index (κ3) is 5.42. The molecule has 0 amide bonds. The van der Waals surface area contributed by atoms with Crippen LogP contribution in [-0.4, -0.2) is 5.71 Å². The van der Waals surface area contributed by atoms with Crippen molar-refractivity contribution in [3.8, 4) is 11.1 Å². The highest BCUT2D eigenvalue weighted by molar-refractivity contribution is 5.92. The fourth-order valence-corrected chi connectivity index (χ4v) is 3.17. The number of benzene rings is 3. The second kappa shape index (κ2) is 9.84. The van der Waals surface area contributed by atoms with Crippen LogP contribution >= 0.6 is 0 Å². The van der Waals surface area contributed by atoms with Crippen LogP contribution in [0.25, 0.3) is 22.4 Å². The first kappa shape index (κ1) is 20.5. The van der Waals surface area contributed by atoms with Crippen LogP contribution in [0.15, 0.2) is 103 Å². The predicted molar refractivity (Wildman–Crippen MR) is 128 cm³/mol. The van der Waals surface area contributed by atoms with Crippen molar-refractivity contribution in [2.75, 3.05) is 0 Å². The molecule has 29 heavy (non-hydrogen) atoms. The van der Waals surface area contributed by atoms with Gasteiger partial charge in [-0.3, -0.25) is 4.99 Å². The summed E-state index contributed by atoms with van der Waals surface area (Å²) in [5.74, 6) is 0.445. The molecule has 0 saturated heterocycles. The number of hydrogen-bond acceptors (Lipinski definition) is 1. The SMILES string of the molecule is C=C(/C=C(\N=C(C)C(C)CC)c1cccc(-c2ccccc2)c1)c1ccccc1. The summed E-state index contributed by atoms with van der Waals surface area (Å²) >= 11 is 0. The highest BCUT2D eigenvalue weighted by Crippen LogP contribution is 2.27. The average Bonchev–Trinajstić information content (AvgIpc) is 2.79. The van der Waals surface area contributed by atoms with Gasteiger partial charge in [-0.25, -0.2) is 0 Å². The Balaban J connectivity index is 2.06. The molecule has 3 aromatic carbocycles. The van der Waals surface area contributed by atoms with Gasteiger partial charge in [-0.2, -0.15) is 0 Å².